The van der Waals surface area contributed by atoms with Crippen molar-refractivity contribution < 1.29 is 9.90 Å². The third kappa shape index (κ3) is 2.35. The van der Waals surface area contributed by atoms with E-state index in [1.54, 1.807) is 18.6 Å². The number of carboxylic acid groups (broad SMARTS) is 1. The van der Waals surface area contributed by atoms with Crippen LogP contribution in [0.5, 0.6) is 0 Å². The van der Waals surface area contributed by atoms with Gasteiger partial charge in [0.15, 0.2) is 0 Å². The molecular weight excluding hydrogens is 208 g/mol. The van der Waals surface area contributed by atoms with Crippen molar-refractivity contribution in [1.82, 2.24) is 20.3 Å². The minimum atomic E-state index is -1.07. The van der Waals surface area contributed by atoms with Crippen LogP contribution in [-0.4, -0.2) is 26.2 Å². The summed E-state index contributed by atoms with van der Waals surface area (Å²) in [5, 5.41) is 10.7. The normalized spacial score (nSPS) is 10.0. The number of pyridine rings is 1. The van der Waals surface area contributed by atoms with E-state index in [4.69, 9.17) is 5.11 Å². The van der Waals surface area contributed by atoms with Crippen LogP contribution in [0, 0.1) is 0 Å². The van der Waals surface area contributed by atoms with E-state index in [1.807, 2.05) is 12.1 Å². The molecule has 2 aromatic heterocycles. The molecule has 2 rings (SSSR count). The van der Waals surface area contributed by atoms with Crippen molar-refractivity contribution in [3.8, 4) is 11.3 Å². The molecule has 2 aromatic rings. The van der Waals surface area contributed by atoms with Gasteiger partial charge in [-0.2, -0.15) is 0 Å². The number of nitrogens with one attached hydrogen (secondary N) is 2. The van der Waals surface area contributed by atoms with Gasteiger partial charge in [0, 0.05) is 24.2 Å². The molecule has 0 spiro atoms. The standard InChI is InChI=1S/C10H10N4O2/c15-10(16)13-6-9-12-5-8(14-9)7-1-3-11-4-2-7/h1-5,13H,6H2,(H,12,14)(H,15,16). The predicted molar refractivity (Wildman–Crippen MR) is 56.7 cm³/mol. The fourth-order valence-corrected chi connectivity index (χ4v) is 1.28. The Kier molecular flexibility index (Phi) is 2.81. The molecule has 0 unspecified atom stereocenters. The van der Waals surface area contributed by atoms with Gasteiger partial charge in [0.25, 0.3) is 0 Å². The summed E-state index contributed by atoms with van der Waals surface area (Å²) in [4.78, 5) is 21.3. The number of hydrogen-bond acceptors (Lipinski definition) is 3. The highest BCUT2D eigenvalue weighted by Crippen LogP contribution is 2.14. The predicted octanol–water partition coefficient (Wildman–Crippen LogP) is 1.24. The molecule has 6 heteroatoms. The van der Waals surface area contributed by atoms with Gasteiger partial charge in [-0.3, -0.25) is 4.98 Å². The first kappa shape index (κ1) is 10.2. The second-order valence-corrected chi connectivity index (χ2v) is 3.13. The third-order valence-electron chi connectivity index (χ3n) is 2.01. The van der Waals surface area contributed by atoms with Crippen LogP contribution in [0.1, 0.15) is 5.82 Å². The lowest BCUT2D eigenvalue weighted by atomic mass is 10.2. The fourth-order valence-electron chi connectivity index (χ4n) is 1.28. The Morgan fingerprint density at radius 1 is 1.44 bits per heavy atom. The largest absolute Gasteiger partial charge is 0.465 e. The Labute approximate surface area is 91.4 Å². The summed E-state index contributed by atoms with van der Waals surface area (Å²) in [5.41, 5.74) is 1.71. The number of H-pyrrole nitrogens is 1. The SMILES string of the molecule is O=C(O)NCc1nc(-c2ccncc2)c[nH]1. The Balaban J connectivity index is 2.11. The fraction of sp³-hybridized carbons (Fsp3) is 0.100. The molecular formula is C10H10N4O2. The number of amides is 1. The van der Waals surface area contributed by atoms with Gasteiger partial charge in [0.2, 0.25) is 0 Å². The minimum absolute atomic E-state index is 0.167. The van der Waals surface area contributed by atoms with Gasteiger partial charge < -0.3 is 15.4 Å². The van der Waals surface area contributed by atoms with Crippen LogP contribution in [-0.2, 0) is 6.54 Å². The van der Waals surface area contributed by atoms with E-state index in [1.165, 1.54) is 0 Å². The first-order valence-corrected chi connectivity index (χ1v) is 4.67. The molecule has 82 valence electrons. The maximum absolute atomic E-state index is 10.3. The van der Waals surface area contributed by atoms with Crippen LogP contribution in [0.15, 0.2) is 30.7 Å². The topological polar surface area (TPSA) is 90.9 Å². The van der Waals surface area contributed by atoms with Crippen molar-refractivity contribution in [1.29, 1.82) is 0 Å². The second-order valence-electron chi connectivity index (χ2n) is 3.13. The minimum Gasteiger partial charge on any atom is -0.465 e. The molecule has 0 saturated heterocycles. The Bertz CT molecular complexity index is 481. The molecule has 1 amide bonds. The van der Waals surface area contributed by atoms with Crippen molar-refractivity contribution in [2.24, 2.45) is 0 Å². The summed E-state index contributed by atoms with van der Waals surface area (Å²) in [6.45, 7) is 0.167. The van der Waals surface area contributed by atoms with Gasteiger partial charge >= 0.3 is 6.09 Å². The van der Waals surface area contributed by atoms with Crippen molar-refractivity contribution >= 4 is 6.09 Å². The molecule has 0 aliphatic carbocycles. The summed E-state index contributed by atoms with van der Waals surface area (Å²) < 4.78 is 0. The lowest BCUT2D eigenvalue weighted by molar-refractivity contribution is 0.193. The molecule has 0 aromatic carbocycles. The second kappa shape index (κ2) is 4.43. The van der Waals surface area contributed by atoms with Crippen LogP contribution in [0.3, 0.4) is 0 Å². The summed E-state index contributed by atoms with van der Waals surface area (Å²) in [5.74, 6) is 0.578. The van der Waals surface area contributed by atoms with Crippen molar-refractivity contribution in [3.63, 3.8) is 0 Å². The van der Waals surface area contributed by atoms with Crippen molar-refractivity contribution in [2.75, 3.05) is 0 Å². The highest BCUT2D eigenvalue weighted by Gasteiger charge is 2.04. The van der Waals surface area contributed by atoms with Gasteiger partial charge in [-0.05, 0) is 12.1 Å². The summed E-state index contributed by atoms with van der Waals surface area (Å²) in [6, 6.07) is 3.68. The first-order valence-electron chi connectivity index (χ1n) is 4.67. The molecule has 16 heavy (non-hydrogen) atoms. The zero-order chi connectivity index (χ0) is 11.4. The van der Waals surface area contributed by atoms with Gasteiger partial charge in [-0.15, -0.1) is 0 Å². The van der Waals surface area contributed by atoms with Crippen LogP contribution in [0.2, 0.25) is 0 Å². The molecule has 0 aliphatic rings. The highest BCUT2D eigenvalue weighted by molar-refractivity contribution is 5.64. The maximum atomic E-state index is 10.3. The summed E-state index contributed by atoms with van der Waals surface area (Å²) in [6.07, 6.45) is 4.02. The van der Waals surface area contributed by atoms with Gasteiger partial charge in [0.05, 0.1) is 12.2 Å². The molecule has 0 bridgehead atoms. The zero-order valence-corrected chi connectivity index (χ0v) is 8.34. The van der Waals surface area contributed by atoms with Crippen LogP contribution < -0.4 is 5.32 Å². The average Bonchev–Trinajstić information content (AvgIpc) is 2.76. The van der Waals surface area contributed by atoms with E-state index in [9.17, 15) is 4.79 Å². The van der Waals surface area contributed by atoms with Crippen LogP contribution in [0.4, 0.5) is 4.79 Å². The molecule has 0 atom stereocenters. The van der Waals surface area contributed by atoms with Gasteiger partial charge in [-0.25, -0.2) is 9.78 Å². The lowest BCUT2D eigenvalue weighted by Gasteiger charge is -1.96. The number of aromatic amines is 1. The number of nitrogens with zero attached hydrogens (tertiary/aromatic N) is 2. The quantitative estimate of drug-likeness (QED) is 0.722. The molecule has 0 aliphatic heterocycles. The first-order chi connectivity index (χ1) is 7.75. The van der Waals surface area contributed by atoms with E-state index in [2.05, 4.69) is 20.3 Å². The monoisotopic (exact) mass is 218 g/mol. The molecule has 0 radical (unpaired) electrons. The molecule has 0 fully saturated rings. The number of imidazole rings is 1. The van der Waals surface area contributed by atoms with E-state index in [0.717, 1.165) is 11.3 Å². The van der Waals surface area contributed by atoms with Gasteiger partial charge in [-0.1, -0.05) is 0 Å². The number of hydrogen-bond donors (Lipinski definition) is 3. The van der Waals surface area contributed by atoms with Crippen LogP contribution in [0.25, 0.3) is 11.3 Å². The van der Waals surface area contributed by atoms with E-state index in [0.29, 0.717) is 5.82 Å². The van der Waals surface area contributed by atoms with Crippen LogP contribution >= 0.6 is 0 Å². The summed E-state index contributed by atoms with van der Waals surface area (Å²) >= 11 is 0. The number of aromatic nitrogens is 3. The molecule has 0 saturated carbocycles. The lowest BCUT2D eigenvalue weighted by Crippen LogP contribution is -2.20. The Morgan fingerprint density at radius 2 is 2.19 bits per heavy atom. The molecule has 2 heterocycles. The Hall–Kier alpha value is -2.37. The molecule has 6 nitrogen and oxygen atoms in total. The zero-order valence-electron chi connectivity index (χ0n) is 8.34. The van der Waals surface area contributed by atoms with E-state index >= 15 is 0 Å². The molecule has 3 N–H and O–H groups in total. The number of carbonyl (C=O) groups is 1. The van der Waals surface area contributed by atoms with Crippen molar-refractivity contribution in [3.05, 3.63) is 36.5 Å². The highest BCUT2D eigenvalue weighted by atomic mass is 16.4. The van der Waals surface area contributed by atoms with Gasteiger partial charge in [0.1, 0.15) is 5.82 Å². The Morgan fingerprint density at radius 3 is 2.88 bits per heavy atom. The van der Waals surface area contributed by atoms with E-state index < -0.39 is 6.09 Å². The van der Waals surface area contributed by atoms with Crippen molar-refractivity contribution in [2.45, 2.75) is 6.54 Å². The van der Waals surface area contributed by atoms with E-state index in [-0.39, 0.29) is 6.54 Å². The third-order valence-corrected chi connectivity index (χ3v) is 2.01. The average molecular weight is 218 g/mol. The number of rotatable bonds is 3. The summed E-state index contributed by atoms with van der Waals surface area (Å²) in [7, 11) is 0. The smallest absolute Gasteiger partial charge is 0.405 e. The maximum Gasteiger partial charge on any atom is 0.405 e.